The molecule has 3 N–H and O–H groups in total. The van der Waals surface area contributed by atoms with Crippen LogP contribution in [0.1, 0.15) is 84.5 Å². The first-order chi connectivity index (χ1) is 19.8. The molecule has 0 aromatic heterocycles. The van der Waals surface area contributed by atoms with Gasteiger partial charge in [0.2, 0.25) is 0 Å². The van der Waals surface area contributed by atoms with Gasteiger partial charge in [0.25, 0.3) is 0 Å². The number of rotatable bonds is 11. The molecule has 0 heterocycles. The fourth-order valence-corrected chi connectivity index (χ4v) is 11.1. The molecule has 8 saturated carbocycles. The molecule has 43 heavy (non-hydrogen) atoms. The first kappa shape index (κ1) is 31.5. The van der Waals surface area contributed by atoms with E-state index in [2.05, 4.69) is 18.6 Å². The minimum Gasteiger partial charge on any atom is -0.458 e. The van der Waals surface area contributed by atoms with Gasteiger partial charge in [-0.2, -0.15) is 17.2 Å². The van der Waals surface area contributed by atoms with Crippen molar-refractivity contribution < 1.29 is 60.5 Å². The van der Waals surface area contributed by atoms with Crippen LogP contribution in [-0.2, 0) is 38.7 Å². The van der Waals surface area contributed by atoms with E-state index in [-0.39, 0.29) is 51.0 Å². The van der Waals surface area contributed by atoms with E-state index in [1.165, 1.54) is 6.42 Å². The van der Waals surface area contributed by atoms with Crippen LogP contribution in [0.2, 0.25) is 0 Å². The van der Waals surface area contributed by atoms with E-state index in [0.29, 0.717) is 23.7 Å². The molecule has 8 rings (SSSR count). The summed E-state index contributed by atoms with van der Waals surface area (Å²) in [6.07, 6.45) is 6.39. The van der Waals surface area contributed by atoms with Crippen LogP contribution in [0.4, 0.5) is 8.78 Å². The number of hydrogen-bond acceptors (Lipinski definition) is 10. The molecule has 2 unspecified atom stereocenters. The first-order valence-electron chi connectivity index (χ1n) is 15.3. The highest BCUT2D eigenvalue weighted by molar-refractivity contribution is 7.87. The van der Waals surface area contributed by atoms with Crippen LogP contribution in [0.3, 0.4) is 0 Å². The van der Waals surface area contributed by atoms with E-state index in [4.69, 9.17) is 18.8 Å². The van der Waals surface area contributed by atoms with Crippen molar-refractivity contribution in [3.63, 3.8) is 0 Å². The molecule has 0 saturated heterocycles. The lowest BCUT2D eigenvalue weighted by atomic mass is 9.47. The highest BCUT2D eigenvalue weighted by Crippen LogP contribution is 2.64. The molecule has 8 aliphatic carbocycles. The van der Waals surface area contributed by atoms with E-state index >= 15 is 0 Å². The number of carbonyl (C=O) groups is 2. The Morgan fingerprint density at radius 3 is 1.84 bits per heavy atom. The number of aliphatic hydroxyl groups is 2. The lowest BCUT2D eigenvalue weighted by Crippen LogP contribution is -2.73. The minimum absolute atomic E-state index is 0.0817. The van der Waals surface area contributed by atoms with Crippen molar-refractivity contribution in [2.45, 2.75) is 118 Å². The quantitative estimate of drug-likeness (QED) is 0.173. The van der Waals surface area contributed by atoms with E-state index < -0.39 is 68.5 Å². The maximum atomic E-state index is 13.5. The number of hydrogen-bond donors (Lipinski definition) is 3. The Hall–Kier alpha value is -1.45. The number of halogens is 2. The van der Waals surface area contributed by atoms with Crippen molar-refractivity contribution in [3.05, 3.63) is 0 Å². The van der Waals surface area contributed by atoms with Crippen molar-refractivity contribution in [3.8, 4) is 0 Å². The molecule has 0 spiro atoms. The standard InChI is InChI=1S/C29H42F2O11S/c1-17(2)28(20-6-18-5-19(8-20)9-21(28)7-18)42-22(32)10-41-27-14-24(34)11-25(35,15-27)13-26(12-24,16-27)40-4-3-39-23(33)29(30,31)43(36,37)38/h17-21,34-35H,3-16H2,1-2H3,(H,36,37,38). The SMILES string of the molecule is CC(C)C1(OC(=O)COC23CC4(O)CC(O)(CC(OCCOC(=O)C(F)(F)S(=O)(=O)O)(C4)C2)C3)C2CC3CC(C2)CC1C3. The molecule has 0 aromatic carbocycles. The zero-order valence-electron chi connectivity index (χ0n) is 24.6. The van der Waals surface area contributed by atoms with Crippen molar-refractivity contribution in [2.75, 3.05) is 19.8 Å². The Morgan fingerprint density at radius 1 is 0.837 bits per heavy atom. The van der Waals surface area contributed by atoms with Gasteiger partial charge in [0, 0.05) is 38.5 Å². The van der Waals surface area contributed by atoms with Crippen molar-refractivity contribution >= 4 is 22.1 Å². The Bertz CT molecular complexity index is 1220. The van der Waals surface area contributed by atoms with Gasteiger partial charge in [-0.1, -0.05) is 13.8 Å². The summed E-state index contributed by atoms with van der Waals surface area (Å²) in [5.74, 6) is -0.701. The normalized spacial score (nSPS) is 44.7. The van der Waals surface area contributed by atoms with Crippen LogP contribution >= 0.6 is 0 Å². The van der Waals surface area contributed by atoms with E-state index in [1.54, 1.807) is 0 Å². The summed E-state index contributed by atoms with van der Waals surface area (Å²) in [5, 5.41) is 17.7. The third-order valence-electron chi connectivity index (χ3n) is 11.3. The van der Waals surface area contributed by atoms with Gasteiger partial charge in [-0.25, -0.2) is 9.59 Å². The topological polar surface area (TPSA) is 166 Å². The summed E-state index contributed by atoms with van der Waals surface area (Å²) >= 11 is 0. The minimum atomic E-state index is -6.01. The zero-order chi connectivity index (χ0) is 31.3. The maximum absolute atomic E-state index is 13.5. The smallest absolute Gasteiger partial charge is 0.458 e. The van der Waals surface area contributed by atoms with Crippen molar-refractivity contribution in [2.24, 2.45) is 29.6 Å². The molecule has 8 fully saturated rings. The lowest BCUT2D eigenvalue weighted by molar-refractivity contribution is -0.319. The van der Waals surface area contributed by atoms with Crippen LogP contribution in [0.25, 0.3) is 0 Å². The van der Waals surface area contributed by atoms with E-state index in [0.717, 1.165) is 25.7 Å². The van der Waals surface area contributed by atoms with Gasteiger partial charge >= 0.3 is 27.3 Å². The zero-order valence-corrected chi connectivity index (χ0v) is 25.4. The monoisotopic (exact) mass is 636 g/mol. The summed E-state index contributed by atoms with van der Waals surface area (Å²) in [5.41, 5.74) is -5.55. The van der Waals surface area contributed by atoms with Crippen LogP contribution in [0.5, 0.6) is 0 Å². The molecule has 0 radical (unpaired) electrons. The number of alkyl halides is 2. The van der Waals surface area contributed by atoms with Gasteiger partial charge in [-0.05, 0) is 61.7 Å². The molecule has 2 atom stereocenters. The average molecular weight is 637 g/mol. The highest BCUT2D eigenvalue weighted by Gasteiger charge is 2.69. The van der Waals surface area contributed by atoms with E-state index in [1.807, 2.05) is 0 Å². The van der Waals surface area contributed by atoms with Gasteiger partial charge in [-0.15, -0.1) is 0 Å². The van der Waals surface area contributed by atoms with Crippen molar-refractivity contribution in [1.29, 1.82) is 0 Å². The predicted molar refractivity (Wildman–Crippen MR) is 143 cm³/mol. The lowest BCUT2D eigenvalue weighted by Gasteiger charge is -2.66. The highest BCUT2D eigenvalue weighted by atomic mass is 32.2. The second-order valence-corrected chi connectivity index (χ2v) is 16.4. The maximum Gasteiger partial charge on any atom is 0.465 e. The Balaban J connectivity index is 1.11. The van der Waals surface area contributed by atoms with Gasteiger partial charge in [-0.3, -0.25) is 4.55 Å². The van der Waals surface area contributed by atoms with Gasteiger partial charge in [0.1, 0.15) is 18.8 Å². The summed E-state index contributed by atoms with van der Waals surface area (Å²) in [6.45, 7) is 2.67. The van der Waals surface area contributed by atoms with Crippen molar-refractivity contribution in [1.82, 2.24) is 0 Å². The summed E-state index contributed by atoms with van der Waals surface area (Å²) < 4.78 is 80.0. The predicted octanol–water partition coefficient (Wildman–Crippen LogP) is 2.76. The van der Waals surface area contributed by atoms with Crippen LogP contribution < -0.4 is 0 Å². The number of ether oxygens (including phenoxy) is 4. The Labute approximate surface area is 249 Å². The molecule has 8 aliphatic rings. The fourth-order valence-electron chi connectivity index (χ4n) is 10.8. The van der Waals surface area contributed by atoms with Gasteiger partial charge in [0.05, 0.1) is 29.0 Å². The van der Waals surface area contributed by atoms with Gasteiger partial charge < -0.3 is 29.2 Å². The molecule has 244 valence electrons. The Kier molecular flexibility index (Phi) is 7.35. The fraction of sp³-hybridized carbons (Fsp3) is 0.931. The van der Waals surface area contributed by atoms with Crippen LogP contribution in [0.15, 0.2) is 0 Å². The second kappa shape index (κ2) is 10.0. The third kappa shape index (κ3) is 5.31. The van der Waals surface area contributed by atoms with Crippen LogP contribution in [-0.4, -0.2) is 88.2 Å². The molecule has 0 amide bonds. The van der Waals surface area contributed by atoms with E-state index in [9.17, 15) is 37.0 Å². The summed E-state index contributed by atoms with van der Waals surface area (Å²) in [6, 6.07) is 0. The second-order valence-electron chi connectivity index (χ2n) is 14.9. The van der Waals surface area contributed by atoms with Crippen LogP contribution in [0, 0.1) is 29.6 Å². The molecule has 0 aliphatic heterocycles. The summed E-state index contributed by atoms with van der Waals surface area (Å²) in [7, 11) is -6.01. The number of esters is 2. The molecule has 11 nitrogen and oxygen atoms in total. The molecule has 8 bridgehead atoms. The Morgan fingerprint density at radius 2 is 1.35 bits per heavy atom. The molecule has 0 aromatic rings. The largest absolute Gasteiger partial charge is 0.465 e. The number of carbonyl (C=O) groups excluding carboxylic acids is 2. The molecule has 14 heteroatoms. The first-order valence-corrected chi connectivity index (χ1v) is 16.7. The molecular weight excluding hydrogens is 594 g/mol. The third-order valence-corrected chi connectivity index (χ3v) is 12.1. The molecular formula is C29H42F2O11S. The van der Waals surface area contributed by atoms with Gasteiger partial charge in [0.15, 0.2) is 0 Å². The average Bonchev–Trinajstić information content (AvgIpc) is 2.84. The summed E-state index contributed by atoms with van der Waals surface area (Å²) in [4.78, 5) is 24.9.